The van der Waals surface area contributed by atoms with E-state index in [-0.39, 0.29) is 5.91 Å². The van der Waals surface area contributed by atoms with Gasteiger partial charge in [-0.3, -0.25) is 14.4 Å². The third kappa shape index (κ3) is 8.49. The molecule has 2 fully saturated rings. The number of hydrogen-bond acceptors (Lipinski definition) is 6. The first-order valence-electron chi connectivity index (χ1n) is 11.4. The van der Waals surface area contributed by atoms with E-state index in [9.17, 15) is 4.79 Å². The van der Waals surface area contributed by atoms with Crippen LogP contribution in [0.4, 0.5) is 0 Å². The smallest absolute Gasteiger partial charge is 0.414 e. The Morgan fingerprint density at radius 1 is 1.03 bits per heavy atom. The van der Waals surface area contributed by atoms with Crippen LogP contribution in [0.2, 0.25) is 0 Å². The van der Waals surface area contributed by atoms with Crippen molar-refractivity contribution in [3.05, 3.63) is 11.8 Å². The molecule has 3 rings (SSSR count). The topological polar surface area (TPSA) is 125 Å². The van der Waals surface area contributed by atoms with Crippen LogP contribution in [0.3, 0.4) is 0 Å². The van der Waals surface area contributed by atoms with Gasteiger partial charge in [0.15, 0.2) is 0 Å². The fourth-order valence-corrected chi connectivity index (χ4v) is 4.13. The van der Waals surface area contributed by atoms with Gasteiger partial charge in [-0.05, 0) is 39.2 Å². The lowest BCUT2D eigenvalue weighted by Crippen LogP contribution is -2.48. The predicted molar refractivity (Wildman–Crippen MR) is 118 cm³/mol. The summed E-state index contributed by atoms with van der Waals surface area (Å²) in [7, 11) is 0. The summed E-state index contributed by atoms with van der Waals surface area (Å²) in [5.41, 5.74) is 1.22. The summed E-state index contributed by atoms with van der Waals surface area (Å²) >= 11 is 0. The molecule has 0 atom stereocenters. The van der Waals surface area contributed by atoms with Crippen LogP contribution in [0.1, 0.15) is 63.6 Å². The highest BCUT2D eigenvalue weighted by atomic mass is 16.5. The SMILES string of the molecule is CC(=O)N1CCN(CCCCOc2cc(C)n(C3CCCCC3)n2)CC1.O=C(O)C(=O)O. The molecule has 1 aliphatic heterocycles. The van der Waals surface area contributed by atoms with Crippen molar-refractivity contribution in [1.82, 2.24) is 19.6 Å². The van der Waals surface area contributed by atoms with Crippen LogP contribution in [0, 0.1) is 6.92 Å². The molecule has 2 N–H and O–H groups in total. The van der Waals surface area contributed by atoms with E-state index < -0.39 is 11.9 Å². The molecule has 10 heteroatoms. The van der Waals surface area contributed by atoms with E-state index >= 15 is 0 Å². The van der Waals surface area contributed by atoms with Gasteiger partial charge in [-0.1, -0.05) is 19.3 Å². The van der Waals surface area contributed by atoms with Crippen LogP contribution in [-0.4, -0.2) is 87.0 Å². The van der Waals surface area contributed by atoms with E-state index in [1.807, 2.05) is 4.90 Å². The van der Waals surface area contributed by atoms with Gasteiger partial charge in [0.05, 0.1) is 12.6 Å². The summed E-state index contributed by atoms with van der Waals surface area (Å²) in [5.74, 6) is -2.67. The van der Waals surface area contributed by atoms with Gasteiger partial charge >= 0.3 is 11.9 Å². The molecule has 1 aromatic heterocycles. The van der Waals surface area contributed by atoms with E-state index in [1.165, 1.54) is 37.8 Å². The number of carbonyl (C=O) groups is 3. The Kier molecular flexibility index (Phi) is 10.5. The van der Waals surface area contributed by atoms with Gasteiger partial charge in [-0.2, -0.15) is 0 Å². The average Bonchev–Trinajstić information content (AvgIpc) is 3.15. The minimum atomic E-state index is -1.82. The summed E-state index contributed by atoms with van der Waals surface area (Å²) in [6.07, 6.45) is 8.67. The number of hydrogen-bond donors (Lipinski definition) is 2. The molecule has 32 heavy (non-hydrogen) atoms. The number of carbonyl (C=O) groups excluding carboxylic acids is 1. The summed E-state index contributed by atoms with van der Waals surface area (Å²) in [6, 6.07) is 2.64. The number of unbranched alkanes of at least 4 members (excludes halogenated alkanes) is 1. The number of aryl methyl sites for hydroxylation is 1. The Morgan fingerprint density at radius 3 is 2.22 bits per heavy atom. The van der Waals surface area contributed by atoms with Crippen molar-refractivity contribution in [3.63, 3.8) is 0 Å². The molecule has 0 bridgehead atoms. The number of ether oxygens (including phenoxy) is 1. The molecule has 2 heterocycles. The van der Waals surface area contributed by atoms with Gasteiger partial charge in [0, 0.05) is 44.9 Å². The minimum Gasteiger partial charge on any atom is -0.477 e. The van der Waals surface area contributed by atoms with Gasteiger partial charge < -0.3 is 19.8 Å². The molecule has 0 aromatic carbocycles. The number of aromatic nitrogens is 2. The highest BCUT2D eigenvalue weighted by Crippen LogP contribution is 2.29. The first-order chi connectivity index (χ1) is 15.3. The van der Waals surface area contributed by atoms with Crippen LogP contribution in [0.15, 0.2) is 6.07 Å². The summed E-state index contributed by atoms with van der Waals surface area (Å²) < 4.78 is 8.08. The lowest BCUT2D eigenvalue weighted by atomic mass is 9.95. The molecule has 1 aromatic rings. The highest BCUT2D eigenvalue weighted by molar-refractivity contribution is 6.27. The maximum atomic E-state index is 11.3. The fourth-order valence-electron chi connectivity index (χ4n) is 4.13. The summed E-state index contributed by atoms with van der Waals surface area (Å²) in [5, 5.41) is 19.5. The van der Waals surface area contributed by atoms with Gasteiger partial charge in [-0.15, -0.1) is 5.10 Å². The number of carboxylic acids is 2. The van der Waals surface area contributed by atoms with E-state index in [1.54, 1.807) is 6.92 Å². The molecule has 2 aliphatic rings. The number of amides is 1. The van der Waals surface area contributed by atoms with Crippen molar-refractivity contribution in [2.45, 2.75) is 64.8 Å². The molecule has 1 saturated carbocycles. The van der Waals surface area contributed by atoms with Crippen LogP contribution in [0.5, 0.6) is 5.88 Å². The molecular weight excluding hydrogens is 416 g/mol. The second-order valence-corrected chi connectivity index (χ2v) is 8.37. The Balaban J connectivity index is 0.000000534. The van der Waals surface area contributed by atoms with Crippen LogP contribution in [0.25, 0.3) is 0 Å². The van der Waals surface area contributed by atoms with Gasteiger partial charge in [-0.25, -0.2) is 9.59 Å². The van der Waals surface area contributed by atoms with E-state index in [2.05, 4.69) is 22.6 Å². The van der Waals surface area contributed by atoms with Crippen LogP contribution >= 0.6 is 0 Å². The predicted octanol–water partition coefficient (Wildman–Crippen LogP) is 2.18. The maximum absolute atomic E-state index is 11.3. The fraction of sp³-hybridized carbons (Fsp3) is 0.727. The lowest BCUT2D eigenvalue weighted by Gasteiger charge is -2.34. The molecule has 180 valence electrons. The van der Waals surface area contributed by atoms with Gasteiger partial charge in [0.25, 0.3) is 0 Å². The highest BCUT2D eigenvalue weighted by Gasteiger charge is 2.19. The van der Waals surface area contributed by atoms with Crippen molar-refractivity contribution in [2.75, 3.05) is 39.3 Å². The lowest BCUT2D eigenvalue weighted by molar-refractivity contribution is -0.159. The number of rotatable bonds is 7. The molecule has 1 saturated heterocycles. The standard InChI is InChI=1S/C20H34N4O2.C2H2O4/c1-17-16-20(21-24(17)19-8-4-3-5-9-19)26-15-7-6-10-22-11-13-23(14-12-22)18(2)25;3-1(4)2(5)6/h16,19H,3-15H2,1-2H3;(H,3,4)(H,5,6). The number of piperazine rings is 1. The molecular formula is C22H36N4O6. The summed E-state index contributed by atoms with van der Waals surface area (Å²) in [4.78, 5) is 33.9. The largest absolute Gasteiger partial charge is 0.477 e. The van der Waals surface area contributed by atoms with Crippen LogP contribution in [-0.2, 0) is 14.4 Å². The Bertz CT molecular complexity index is 740. The van der Waals surface area contributed by atoms with Crippen molar-refractivity contribution >= 4 is 17.8 Å². The van der Waals surface area contributed by atoms with E-state index in [0.717, 1.165) is 58.1 Å². The monoisotopic (exact) mass is 452 g/mol. The molecule has 0 radical (unpaired) electrons. The number of aliphatic carboxylic acids is 2. The zero-order valence-corrected chi connectivity index (χ0v) is 19.2. The zero-order valence-electron chi connectivity index (χ0n) is 19.2. The normalized spacial score (nSPS) is 17.4. The Labute approximate surface area is 189 Å². The number of nitrogens with zero attached hydrogens (tertiary/aromatic N) is 4. The quantitative estimate of drug-likeness (QED) is 0.476. The molecule has 1 amide bonds. The summed E-state index contributed by atoms with van der Waals surface area (Å²) in [6.45, 7) is 9.32. The first-order valence-corrected chi connectivity index (χ1v) is 11.4. The Morgan fingerprint density at radius 2 is 1.66 bits per heavy atom. The number of carboxylic acid groups (broad SMARTS) is 2. The van der Waals surface area contributed by atoms with E-state index in [4.69, 9.17) is 29.6 Å². The van der Waals surface area contributed by atoms with Gasteiger partial charge in [0.1, 0.15) is 0 Å². The van der Waals surface area contributed by atoms with Crippen molar-refractivity contribution in [2.24, 2.45) is 0 Å². The average molecular weight is 453 g/mol. The van der Waals surface area contributed by atoms with E-state index in [0.29, 0.717) is 6.04 Å². The van der Waals surface area contributed by atoms with Gasteiger partial charge in [0.2, 0.25) is 11.8 Å². The molecule has 0 unspecified atom stereocenters. The first kappa shape index (κ1) is 25.6. The Hall–Kier alpha value is -2.62. The third-order valence-electron chi connectivity index (χ3n) is 5.94. The van der Waals surface area contributed by atoms with Crippen molar-refractivity contribution < 1.29 is 29.3 Å². The third-order valence-corrected chi connectivity index (χ3v) is 5.94. The zero-order chi connectivity index (χ0) is 23.5. The molecule has 0 spiro atoms. The minimum absolute atomic E-state index is 0.195. The second-order valence-electron chi connectivity index (χ2n) is 8.37. The van der Waals surface area contributed by atoms with Crippen molar-refractivity contribution in [1.29, 1.82) is 0 Å². The van der Waals surface area contributed by atoms with Crippen molar-refractivity contribution in [3.8, 4) is 5.88 Å². The molecule has 1 aliphatic carbocycles. The second kappa shape index (κ2) is 13.0. The maximum Gasteiger partial charge on any atom is 0.414 e. The van der Waals surface area contributed by atoms with Crippen LogP contribution < -0.4 is 4.74 Å². The molecule has 10 nitrogen and oxygen atoms in total.